The van der Waals surface area contributed by atoms with Crippen molar-refractivity contribution in [3.8, 4) is 0 Å². The first kappa shape index (κ1) is 15.6. The number of carboxylic acid groups (broad SMARTS) is 2. The van der Waals surface area contributed by atoms with Crippen LogP contribution < -0.4 is 11.1 Å². The summed E-state index contributed by atoms with van der Waals surface area (Å²) in [6.07, 6.45) is 6.24. The smallest absolute Gasteiger partial charge is 0.328 e. The van der Waals surface area contributed by atoms with E-state index in [4.69, 9.17) is 15.9 Å². The van der Waals surface area contributed by atoms with Gasteiger partial charge in [0, 0.05) is 24.2 Å². The minimum absolute atomic E-state index is 0.406. The number of nitrogens with one attached hydrogen (secondary N) is 1. The number of rotatable bonds is 3. The monoisotopic (exact) mass is 244 g/mol. The summed E-state index contributed by atoms with van der Waals surface area (Å²) in [7, 11) is 2.00. The number of hydrogen-bond acceptors (Lipinski definition) is 4. The van der Waals surface area contributed by atoms with E-state index in [2.05, 4.69) is 5.32 Å². The van der Waals surface area contributed by atoms with Crippen molar-refractivity contribution in [3.63, 3.8) is 0 Å². The van der Waals surface area contributed by atoms with Gasteiger partial charge >= 0.3 is 11.9 Å². The van der Waals surface area contributed by atoms with Crippen molar-refractivity contribution in [1.29, 1.82) is 0 Å². The van der Waals surface area contributed by atoms with Gasteiger partial charge in [0.1, 0.15) is 0 Å². The standard InChI is InChI=1S/C7H16N2.C4H4O4/c1-9-7-5-3-2-4-6(7)8;5-3(6)1-2-4(7)8/h6-7,9H,2-5,8H2,1H3;1-2H,(H,5,6)(H,7,8)/b;2-1-. The van der Waals surface area contributed by atoms with E-state index in [0.717, 1.165) is 0 Å². The summed E-state index contributed by atoms with van der Waals surface area (Å²) in [5.41, 5.74) is 5.83. The van der Waals surface area contributed by atoms with Crippen LogP contribution in [0.4, 0.5) is 0 Å². The molecule has 17 heavy (non-hydrogen) atoms. The van der Waals surface area contributed by atoms with Crippen LogP contribution in [-0.2, 0) is 9.59 Å². The molecule has 6 nitrogen and oxygen atoms in total. The molecule has 2 unspecified atom stereocenters. The van der Waals surface area contributed by atoms with E-state index >= 15 is 0 Å². The van der Waals surface area contributed by atoms with Crippen LogP contribution in [0.15, 0.2) is 12.2 Å². The Morgan fingerprint density at radius 2 is 1.65 bits per heavy atom. The molecule has 1 aliphatic carbocycles. The first-order valence-corrected chi connectivity index (χ1v) is 5.54. The fraction of sp³-hybridized carbons (Fsp3) is 0.636. The fourth-order valence-corrected chi connectivity index (χ4v) is 1.66. The van der Waals surface area contributed by atoms with Gasteiger partial charge in [0.2, 0.25) is 0 Å². The van der Waals surface area contributed by atoms with E-state index in [9.17, 15) is 9.59 Å². The highest BCUT2D eigenvalue weighted by Gasteiger charge is 2.18. The Labute approximate surface area is 101 Å². The minimum Gasteiger partial charge on any atom is -0.478 e. The van der Waals surface area contributed by atoms with Gasteiger partial charge in [0.05, 0.1) is 0 Å². The second-order valence-electron chi connectivity index (χ2n) is 3.85. The third-order valence-electron chi connectivity index (χ3n) is 2.56. The molecule has 0 amide bonds. The molecule has 1 aliphatic rings. The first-order valence-electron chi connectivity index (χ1n) is 5.54. The number of nitrogens with two attached hydrogens (primary N) is 1. The average Bonchev–Trinajstić information content (AvgIpc) is 2.28. The molecule has 0 aliphatic heterocycles. The zero-order valence-electron chi connectivity index (χ0n) is 9.93. The highest BCUT2D eigenvalue weighted by Crippen LogP contribution is 2.15. The van der Waals surface area contributed by atoms with Gasteiger partial charge in [0.25, 0.3) is 0 Å². The van der Waals surface area contributed by atoms with Crippen LogP contribution in [0.5, 0.6) is 0 Å². The third-order valence-corrected chi connectivity index (χ3v) is 2.56. The summed E-state index contributed by atoms with van der Waals surface area (Å²) >= 11 is 0. The predicted octanol–water partition coefficient (Wildman–Crippen LogP) is 0.188. The van der Waals surface area contributed by atoms with Crippen molar-refractivity contribution in [2.45, 2.75) is 37.8 Å². The number of carbonyl (C=O) groups is 2. The van der Waals surface area contributed by atoms with Gasteiger partial charge in [-0.05, 0) is 19.9 Å². The van der Waals surface area contributed by atoms with Gasteiger partial charge < -0.3 is 21.3 Å². The van der Waals surface area contributed by atoms with Crippen molar-refractivity contribution in [2.24, 2.45) is 5.73 Å². The molecule has 0 saturated heterocycles. The molecule has 0 bridgehead atoms. The SMILES string of the molecule is CNC1CCCCC1N.O=C(O)/C=C\C(=O)O. The predicted molar refractivity (Wildman–Crippen MR) is 63.7 cm³/mol. The summed E-state index contributed by atoms with van der Waals surface area (Å²) in [5, 5.41) is 18.9. The summed E-state index contributed by atoms with van der Waals surface area (Å²) in [5.74, 6) is -2.51. The summed E-state index contributed by atoms with van der Waals surface area (Å²) in [6, 6.07) is 0.988. The number of likely N-dealkylation sites (N-methyl/N-ethyl adjacent to an activating group) is 1. The lowest BCUT2D eigenvalue weighted by Crippen LogP contribution is -2.45. The second kappa shape index (κ2) is 8.72. The van der Waals surface area contributed by atoms with E-state index in [1.165, 1.54) is 25.7 Å². The van der Waals surface area contributed by atoms with Gasteiger partial charge in [-0.15, -0.1) is 0 Å². The Morgan fingerprint density at radius 3 is 1.94 bits per heavy atom. The van der Waals surface area contributed by atoms with Crippen molar-refractivity contribution >= 4 is 11.9 Å². The number of hydrogen-bond donors (Lipinski definition) is 4. The molecule has 2 atom stereocenters. The Kier molecular flexibility index (Phi) is 8.00. The largest absolute Gasteiger partial charge is 0.478 e. The Morgan fingerprint density at radius 1 is 1.18 bits per heavy atom. The molecule has 0 aromatic heterocycles. The minimum atomic E-state index is -1.26. The van der Waals surface area contributed by atoms with Crippen LogP contribution in [0.2, 0.25) is 0 Å². The summed E-state index contributed by atoms with van der Waals surface area (Å²) < 4.78 is 0. The molecular formula is C11H20N2O4. The van der Waals surface area contributed by atoms with Crippen LogP contribution in [0.1, 0.15) is 25.7 Å². The van der Waals surface area contributed by atoms with E-state index in [1.807, 2.05) is 7.05 Å². The normalized spacial score (nSPS) is 23.9. The highest BCUT2D eigenvalue weighted by molar-refractivity contribution is 5.89. The van der Waals surface area contributed by atoms with Crippen molar-refractivity contribution in [1.82, 2.24) is 5.32 Å². The molecule has 0 spiro atoms. The Hall–Kier alpha value is -1.40. The molecule has 0 radical (unpaired) electrons. The van der Waals surface area contributed by atoms with Crippen LogP contribution in [0.3, 0.4) is 0 Å². The summed E-state index contributed by atoms with van der Waals surface area (Å²) in [6.45, 7) is 0. The van der Waals surface area contributed by atoms with Crippen LogP contribution >= 0.6 is 0 Å². The van der Waals surface area contributed by atoms with E-state index in [1.54, 1.807) is 0 Å². The van der Waals surface area contributed by atoms with Crippen molar-refractivity contribution in [3.05, 3.63) is 12.2 Å². The zero-order chi connectivity index (χ0) is 13.3. The van der Waals surface area contributed by atoms with E-state index in [0.29, 0.717) is 24.2 Å². The molecule has 0 aromatic rings. The van der Waals surface area contributed by atoms with Crippen LogP contribution in [-0.4, -0.2) is 41.3 Å². The van der Waals surface area contributed by atoms with E-state index < -0.39 is 11.9 Å². The van der Waals surface area contributed by atoms with Crippen molar-refractivity contribution in [2.75, 3.05) is 7.05 Å². The van der Waals surface area contributed by atoms with Gasteiger partial charge in [-0.2, -0.15) is 0 Å². The quantitative estimate of drug-likeness (QED) is 0.527. The van der Waals surface area contributed by atoms with Gasteiger partial charge in [-0.25, -0.2) is 9.59 Å². The molecule has 0 heterocycles. The Balaban J connectivity index is 0.000000304. The lowest BCUT2D eigenvalue weighted by atomic mass is 9.91. The number of carboxylic acids is 2. The van der Waals surface area contributed by atoms with Crippen molar-refractivity contribution < 1.29 is 19.8 Å². The van der Waals surface area contributed by atoms with Crippen LogP contribution in [0.25, 0.3) is 0 Å². The maximum absolute atomic E-state index is 9.55. The molecule has 1 saturated carbocycles. The molecule has 1 rings (SSSR count). The van der Waals surface area contributed by atoms with Crippen LogP contribution in [0, 0.1) is 0 Å². The topological polar surface area (TPSA) is 113 Å². The lowest BCUT2D eigenvalue weighted by Gasteiger charge is -2.27. The van der Waals surface area contributed by atoms with E-state index in [-0.39, 0.29) is 0 Å². The lowest BCUT2D eigenvalue weighted by molar-refractivity contribution is -0.134. The number of aliphatic carboxylic acids is 2. The molecule has 0 aromatic carbocycles. The second-order valence-corrected chi connectivity index (χ2v) is 3.85. The summed E-state index contributed by atoms with van der Waals surface area (Å²) in [4.78, 5) is 19.1. The highest BCUT2D eigenvalue weighted by atomic mass is 16.4. The maximum Gasteiger partial charge on any atom is 0.328 e. The molecule has 98 valence electrons. The van der Waals surface area contributed by atoms with Gasteiger partial charge in [-0.3, -0.25) is 0 Å². The first-order chi connectivity index (χ1) is 7.97. The maximum atomic E-state index is 9.55. The van der Waals surface area contributed by atoms with Gasteiger partial charge in [0.15, 0.2) is 0 Å². The fourth-order valence-electron chi connectivity index (χ4n) is 1.66. The van der Waals surface area contributed by atoms with Gasteiger partial charge in [-0.1, -0.05) is 12.8 Å². The Bertz CT molecular complexity index is 263. The average molecular weight is 244 g/mol. The molecular weight excluding hydrogens is 224 g/mol. The third kappa shape index (κ3) is 8.41. The molecule has 1 fully saturated rings. The zero-order valence-corrected chi connectivity index (χ0v) is 9.93. The molecule has 6 heteroatoms. The molecule has 5 N–H and O–H groups in total.